The SMILES string of the molecule is CCCc1nc(N)c(C#N)c(-c2ccc(C(F)(F)F)cc2)c1CC. The molecule has 1 heterocycles. The summed E-state index contributed by atoms with van der Waals surface area (Å²) >= 11 is 0. The topological polar surface area (TPSA) is 62.7 Å². The molecule has 0 spiro atoms. The second-order valence-corrected chi connectivity index (χ2v) is 5.46. The lowest BCUT2D eigenvalue weighted by atomic mass is 9.91. The van der Waals surface area contributed by atoms with E-state index in [1.165, 1.54) is 12.1 Å². The van der Waals surface area contributed by atoms with E-state index in [-0.39, 0.29) is 11.4 Å². The van der Waals surface area contributed by atoms with Gasteiger partial charge in [-0.3, -0.25) is 0 Å². The van der Waals surface area contributed by atoms with Crippen molar-refractivity contribution in [1.82, 2.24) is 4.98 Å². The quantitative estimate of drug-likeness (QED) is 0.879. The van der Waals surface area contributed by atoms with Gasteiger partial charge in [-0.2, -0.15) is 18.4 Å². The normalized spacial score (nSPS) is 11.3. The molecule has 126 valence electrons. The van der Waals surface area contributed by atoms with Gasteiger partial charge < -0.3 is 5.73 Å². The molecule has 2 rings (SSSR count). The molecular formula is C18H18F3N3. The van der Waals surface area contributed by atoms with Crippen molar-refractivity contribution >= 4 is 5.82 Å². The Morgan fingerprint density at radius 3 is 2.25 bits per heavy atom. The number of rotatable bonds is 4. The molecule has 0 radical (unpaired) electrons. The number of nitrogens with two attached hydrogens (primary N) is 1. The van der Waals surface area contributed by atoms with Crippen LogP contribution in [0.1, 0.15) is 42.7 Å². The Hall–Kier alpha value is -2.55. The van der Waals surface area contributed by atoms with Crippen molar-refractivity contribution in [3.63, 3.8) is 0 Å². The highest BCUT2D eigenvalue weighted by atomic mass is 19.4. The van der Waals surface area contributed by atoms with Crippen LogP contribution in [0.25, 0.3) is 11.1 Å². The highest BCUT2D eigenvalue weighted by molar-refractivity contribution is 5.79. The Labute approximate surface area is 138 Å². The maximum absolute atomic E-state index is 12.8. The minimum atomic E-state index is -4.39. The molecular weight excluding hydrogens is 315 g/mol. The van der Waals surface area contributed by atoms with Gasteiger partial charge in [0.1, 0.15) is 17.5 Å². The second-order valence-electron chi connectivity index (χ2n) is 5.46. The van der Waals surface area contributed by atoms with Gasteiger partial charge in [0.15, 0.2) is 0 Å². The summed E-state index contributed by atoms with van der Waals surface area (Å²) in [5.74, 6) is 0.119. The lowest BCUT2D eigenvalue weighted by Gasteiger charge is -2.17. The van der Waals surface area contributed by atoms with Gasteiger partial charge >= 0.3 is 6.18 Å². The maximum Gasteiger partial charge on any atom is 0.416 e. The zero-order valence-electron chi connectivity index (χ0n) is 13.5. The summed E-state index contributed by atoms with van der Waals surface area (Å²) in [6.07, 6.45) is -2.22. The first kappa shape index (κ1) is 17.8. The molecule has 0 aliphatic heterocycles. The maximum atomic E-state index is 12.8. The summed E-state index contributed by atoms with van der Waals surface area (Å²) in [6.45, 7) is 3.94. The Kier molecular flexibility index (Phi) is 5.13. The van der Waals surface area contributed by atoms with Crippen molar-refractivity contribution < 1.29 is 13.2 Å². The van der Waals surface area contributed by atoms with E-state index in [1.54, 1.807) is 0 Å². The number of pyridine rings is 1. The van der Waals surface area contributed by atoms with Crippen LogP contribution in [0.2, 0.25) is 0 Å². The average molecular weight is 333 g/mol. The molecule has 0 bridgehead atoms. The Morgan fingerprint density at radius 1 is 1.17 bits per heavy atom. The molecule has 0 aliphatic carbocycles. The fourth-order valence-electron chi connectivity index (χ4n) is 2.77. The third kappa shape index (κ3) is 3.35. The zero-order chi connectivity index (χ0) is 17.9. The number of halogens is 3. The molecule has 3 nitrogen and oxygen atoms in total. The number of aryl methyl sites for hydroxylation is 1. The molecule has 1 aromatic carbocycles. The van der Waals surface area contributed by atoms with Crippen LogP contribution >= 0.6 is 0 Å². The van der Waals surface area contributed by atoms with Crippen LogP contribution in [0.5, 0.6) is 0 Å². The number of alkyl halides is 3. The third-order valence-electron chi connectivity index (χ3n) is 3.86. The van der Waals surface area contributed by atoms with Crippen LogP contribution in [0, 0.1) is 11.3 Å². The molecule has 0 amide bonds. The molecule has 2 N–H and O–H groups in total. The number of benzene rings is 1. The number of nitrogen functional groups attached to an aromatic ring is 1. The molecule has 0 atom stereocenters. The van der Waals surface area contributed by atoms with E-state index in [2.05, 4.69) is 4.98 Å². The zero-order valence-corrected chi connectivity index (χ0v) is 13.5. The summed E-state index contributed by atoms with van der Waals surface area (Å²) in [7, 11) is 0. The highest BCUT2D eigenvalue weighted by Crippen LogP contribution is 2.35. The highest BCUT2D eigenvalue weighted by Gasteiger charge is 2.30. The van der Waals surface area contributed by atoms with E-state index in [1.807, 2.05) is 19.9 Å². The third-order valence-corrected chi connectivity index (χ3v) is 3.86. The molecule has 0 fully saturated rings. The van der Waals surface area contributed by atoms with Crippen LogP contribution in [0.3, 0.4) is 0 Å². The Bertz CT molecular complexity index is 772. The fraction of sp³-hybridized carbons (Fsp3) is 0.333. The number of hydrogen-bond acceptors (Lipinski definition) is 3. The predicted octanol–water partition coefficient (Wildman–Crippen LogP) is 4.74. The van der Waals surface area contributed by atoms with Gasteiger partial charge in [0.2, 0.25) is 0 Å². The van der Waals surface area contributed by atoms with E-state index in [0.717, 1.165) is 29.8 Å². The van der Waals surface area contributed by atoms with Crippen molar-refractivity contribution in [2.45, 2.75) is 39.3 Å². The number of aromatic nitrogens is 1. The van der Waals surface area contributed by atoms with Crippen LogP contribution in [-0.4, -0.2) is 4.98 Å². The lowest BCUT2D eigenvalue weighted by molar-refractivity contribution is -0.137. The number of nitriles is 1. The van der Waals surface area contributed by atoms with Crippen molar-refractivity contribution in [1.29, 1.82) is 5.26 Å². The largest absolute Gasteiger partial charge is 0.416 e. The summed E-state index contributed by atoms with van der Waals surface area (Å²) < 4.78 is 38.3. The van der Waals surface area contributed by atoms with Crippen molar-refractivity contribution in [2.75, 3.05) is 5.73 Å². The van der Waals surface area contributed by atoms with E-state index in [4.69, 9.17) is 5.73 Å². The molecule has 0 saturated heterocycles. The van der Waals surface area contributed by atoms with E-state index in [9.17, 15) is 18.4 Å². The molecule has 2 aromatic rings. The van der Waals surface area contributed by atoms with Crippen LogP contribution in [0.15, 0.2) is 24.3 Å². The van der Waals surface area contributed by atoms with Crippen molar-refractivity contribution in [2.24, 2.45) is 0 Å². The fourth-order valence-corrected chi connectivity index (χ4v) is 2.77. The molecule has 0 saturated carbocycles. The van der Waals surface area contributed by atoms with E-state index in [0.29, 0.717) is 24.0 Å². The number of nitrogens with zero attached hydrogens (tertiary/aromatic N) is 2. The van der Waals surface area contributed by atoms with Gasteiger partial charge in [0.25, 0.3) is 0 Å². The Morgan fingerprint density at radius 2 is 1.79 bits per heavy atom. The van der Waals surface area contributed by atoms with E-state index < -0.39 is 11.7 Å². The first-order chi connectivity index (χ1) is 11.3. The van der Waals surface area contributed by atoms with Gasteiger partial charge in [-0.15, -0.1) is 0 Å². The average Bonchev–Trinajstić information content (AvgIpc) is 2.54. The minimum absolute atomic E-state index is 0.119. The number of hydrogen-bond donors (Lipinski definition) is 1. The molecule has 24 heavy (non-hydrogen) atoms. The smallest absolute Gasteiger partial charge is 0.383 e. The Balaban J connectivity index is 2.70. The summed E-state index contributed by atoms with van der Waals surface area (Å²) in [4.78, 5) is 4.32. The van der Waals surface area contributed by atoms with Gasteiger partial charge in [-0.25, -0.2) is 4.98 Å². The summed E-state index contributed by atoms with van der Waals surface area (Å²) in [5.41, 5.74) is 8.19. The van der Waals surface area contributed by atoms with Crippen LogP contribution < -0.4 is 5.73 Å². The monoisotopic (exact) mass is 333 g/mol. The lowest BCUT2D eigenvalue weighted by Crippen LogP contribution is -2.08. The van der Waals surface area contributed by atoms with Crippen LogP contribution in [-0.2, 0) is 19.0 Å². The minimum Gasteiger partial charge on any atom is -0.383 e. The molecule has 0 aliphatic rings. The van der Waals surface area contributed by atoms with Crippen LogP contribution in [0.4, 0.5) is 19.0 Å². The van der Waals surface area contributed by atoms with Crippen molar-refractivity contribution in [3.05, 3.63) is 46.6 Å². The van der Waals surface area contributed by atoms with Gasteiger partial charge in [-0.1, -0.05) is 32.4 Å². The van der Waals surface area contributed by atoms with Crippen molar-refractivity contribution in [3.8, 4) is 17.2 Å². The first-order valence-electron chi connectivity index (χ1n) is 7.72. The second kappa shape index (κ2) is 6.91. The summed E-state index contributed by atoms with van der Waals surface area (Å²) in [5, 5.41) is 9.44. The van der Waals surface area contributed by atoms with Gasteiger partial charge in [0.05, 0.1) is 5.56 Å². The van der Waals surface area contributed by atoms with E-state index >= 15 is 0 Å². The standard InChI is InChI=1S/C18H18F3N3/c1-3-5-15-13(4-2)16(14(10-22)17(23)24-15)11-6-8-12(9-7-11)18(19,20)21/h6-9H,3-5H2,1-2H3,(H2,23,24). The first-order valence-corrected chi connectivity index (χ1v) is 7.72. The summed E-state index contributed by atoms with van der Waals surface area (Å²) in [6, 6.07) is 6.85. The predicted molar refractivity (Wildman–Crippen MR) is 87.2 cm³/mol. The molecule has 6 heteroatoms. The number of anilines is 1. The van der Waals surface area contributed by atoms with Gasteiger partial charge in [0, 0.05) is 11.3 Å². The molecule has 0 unspecified atom stereocenters. The van der Waals surface area contributed by atoms with Gasteiger partial charge in [-0.05, 0) is 36.1 Å². The molecule has 1 aromatic heterocycles.